The van der Waals surface area contributed by atoms with Crippen molar-refractivity contribution in [3.05, 3.63) is 0 Å². The Labute approximate surface area is 67.5 Å². The molecule has 66 valence electrons. The summed E-state index contributed by atoms with van der Waals surface area (Å²) in [5.74, 6) is 0. The predicted molar refractivity (Wildman–Crippen MR) is 45.4 cm³/mol. The van der Waals surface area contributed by atoms with Crippen molar-refractivity contribution in [2.45, 2.75) is 19.8 Å². The van der Waals surface area contributed by atoms with Crippen LogP contribution in [0, 0.1) is 0 Å². The lowest BCUT2D eigenvalue weighted by Gasteiger charge is -2.03. The number of carbonyl (C=O) groups excluding carboxylic acids is 1. The van der Waals surface area contributed by atoms with Crippen LogP contribution in [0.25, 0.3) is 0 Å². The number of hydrogen-bond donors (Lipinski definition) is 3. The summed E-state index contributed by atoms with van der Waals surface area (Å²) in [5, 5.41) is 5.35. The van der Waals surface area contributed by atoms with E-state index in [-0.39, 0.29) is 6.03 Å². The zero-order valence-electron chi connectivity index (χ0n) is 7.02. The fourth-order valence-corrected chi connectivity index (χ4v) is 0.694. The maximum Gasteiger partial charge on any atom is 0.314 e. The molecule has 0 radical (unpaired) electrons. The van der Waals surface area contributed by atoms with Crippen molar-refractivity contribution in [2.75, 3.05) is 19.6 Å². The Bertz CT molecular complexity index is 106. The molecule has 2 amide bonds. The summed E-state index contributed by atoms with van der Waals surface area (Å²) < 4.78 is 0. The van der Waals surface area contributed by atoms with Crippen LogP contribution in [-0.4, -0.2) is 25.7 Å². The summed E-state index contributed by atoms with van der Waals surface area (Å²) in [4.78, 5) is 10.8. The van der Waals surface area contributed by atoms with Gasteiger partial charge in [0, 0.05) is 13.1 Å². The first kappa shape index (κ1) is 10.2. The molecular weight excluding hydrogens is 142 g/mol. The lowest BCUT2D eigenvalue weighted by molar-refractivity contribution is 0.241. The second-order valence-electron chi connectivity index (χ2n) is 2.28. The third-order valence-corrected chi connectivity index (χ3v) is 1.25. The summed E-state index contributed by atoms with van der Waals surface area (Å²) in [6, 6.07) is -0.0930. The molecule has 0 aromatic carbocycles. The highest BCUT2D eigenvalue weighted by Gasteiger charge is 1.94. The Morgan fingerprint density at radius 3 is 2.64 bits per heavy atom. The van der Waals surface area contributed by atoms with Crippen LogP contribution in [0.1, 0.15) is 19.8 Å². The van der Waals surface area contributed by atoms with Crippen molar-refractivity contribution in [3.8, 4) is 0 Å². The van der Waals surface area contributed by atoms with E-state index in [2.05, 4.69) is 10.6 Å². The van der Waals surface area contributed by atoms with Gasteiger partial charge in [-0.2, -0.15) is 0 Å². The molecule has 11 heavy (non-hydrogen) atoms. The van der Waals surface area contributed by atoms with Crippen molar-refractivity contribution in [1.82, 2.24) is 10.6 Å². The number of unbranched alkanes of at least 4 members (excludes halogenated alkanes) is 1. The number of rotatable bonds is 5. The van der Waals surface area contributed by atoms with Crippen molar-refractivity contribution < 1.29 is 4.79 Å². The molecule has 0 atom stereocenters. The van der Waals surface area contributed by atoms with Gasteiger partial charge in [-0.15, -0.1) is 0 Å². The van der Waals surface area contributed by atoms with Crippen LogP contribution < -0.4 is 16.4 Å². The lowest BCUT2D eigenvalue weighted by atomic mass is 10.3. The smallest absolute Gasteiger partial charge is 0.314 e. The average molecular weight is 159 g/mol. The molecule has 0 fully saturated rings. The Balaban J connectivity index is 3.04. The number of carbonyl (C=O) groups is 1. The summed E-state index contributed by atoms with van der Waals surface area (Å²) in [6.07, 6.45) is 1.92. The molecule has 0 spiro atoms. The highest BCUT2D eigenvalue weighted by Crippen LogP contribution is 1.81. The van der Waals surface area contributed by atoms with Crippen molar-refractivity contribution >= 4 is 6.03 Å². The molecule has 0 rings (SSSR count). The van der Waals surface area contributed by atoms with E-state index in [1.54, 1.807) is 0 Å². The molecule has 0 saturated heterocycles. The normalized spacial score (nSPS) is 9.27. The Morgan fingerprint density at radius 2 is 2.09 bits per heavy atom. The molecule has 0 aromatic rings. The number of hydrogen-bond acceptors (Lipinski definition) is 2. The minimum Gasteiger partial charge on any atom is -0.338 e. The van der Waals surface area contributed by atoms with Crippen molar-refractivity contribution in [1.29, 1.82) is 0 Å². The predicted octanol–water partition coefficient (Wildman–Crippen LogP) is 0.0444. The molecule has 4 nitrogen and oxygen atoms in total. The van der Waals surface area contributed by atoms with E-state index in [0.29, 0.717) is 19.6 Å². The van der Waals surface area contributed by atoms with Gasteiger partial charge in [-0.05, 0) is 26.3 Å². The third kappa shape index (κ3) is 7.12. The van der Waals surface area contributed by atoms with Crippen LogP contribution in [0.3, 0.4) is 0 Å². The van der Waals surface area contributed by atoms with Gasteiger partial charge in [0.05, 0.1) is 0 Å². The van der Waals surface area contributed by atoms with E-state index >= 15 is 0 Å². The standard InChI is InChI=1S/C7H17N3O/c1-2-9-7(11)10-6-4-3-5-8/h2-6,8H2,1H3,(H2,9,10,11). The first-order valence-electron chi connectivity index (χ1n) is 4.03. The fraction of sp³-hybridized carbons (Fsp3) is 0.857. The molecule has 0 heterocycles. The second-order valence-corrected chi connectivity index (χ2v) is 2.28. The van der Waals surface area contributed by atoms with Gasteiger partial charge in [0.15, 0.2) is 0 Å². The molecule has 0 aromatic heterocycles. The highest BCUT2D eigenvalue weighted by molar-refractivity contribution is 5.73. The van der Waals surface area contributed by atoms with Crippen molar-refractivity contribution in [2.24, 2.45) is 5.73 Å². The molecule has 0 bridgehead atoms. The van der Waals surface area contributed by atoms with Crippen molar-refractivity contribution in [3.63, 3.8) is 0 Å². The monoisotopic (exact) mass is 159 g/mol. The summed E-state index contributed by atoms with van der Waals surface area (Å²) in [6.45, 7) is 3.96. The van der Waals surface area contributed by atoms with Crippen LogP contribution in [0.5, 0.6) is 0 Å². The maximum absolute atomic E-state index is 10.8. The number of urea groups is 1. The number of nitrogens with one attached hydrogen (secondary N) is 2. The van der Waals surface area contributed by atoms with Gasteiger partial charge >= 0.3 is 6.03 Å². The Hall–Kier alpha value is -0.770. The topological polar surface area (TPSA) is 67.2 Å². The van der Waals surface area contributed by atoms with Gasteiger partial charge in [-0.3, -0.25) is 0 Å². The summed E-state index contributed by atoms with van der Waals surface area (Å²) in [5.41, 5.74) is 5.28. The molecule has 4 N–H and O–H groups in total. The third-order valence-electron chi connectivity index (χ3n) is 1.25. The maximum atomic E-state index is 10.8. The molecule has 0 aliphatic rings. The quantitative estimate of drug-likeness (QED) is 0.496. The van der Waals surface area contributed by atoms with Gasteiger partial charge in [0.1, 0.15) is 0 Å². The average Bonchev–Trinajstić information content (AvgIpc) is 1.99. The summed E-state index contributed by atoms with van der Waals surface area (Å²) in [7, 11) is 0. The van der Waals surface area contributed by atoms with Crippen LogP contribution >= 0.6 is 0 Å². The zero-order chi connectivity index (χ0) is 8.53. The SMILES string of the molecule is CCNC(=O)NCCCCN. The minimum absolute atomic E-state index is 0.0930. The van der Waals surface area contributed by atoms with Gasteiger partial charge < -0.3 is 16.4 Å². The Kier molecular flexibility index (Phi) is 6.82. The molecule has 4 heteroatoms. The largest absolute Gasteiger partial charge is 0.338 e. The number of nitrogens with two attached hydrogens (primary N) is 1. The van der Waals surface area contributed by atoms with Crippen LogP contribution in [0.4, 0.5) is 4.79 Å². The van der Waals surface area contributed by atoms with Crippen LogP contribution in [0.2, 0.25) is 0 Å². The molecule has 0 aliphatic heterocycles. The zero-order valence-corrected chi connectivity index (χ0v) is 7.02. The van der Waals surface area contributed by atoms with Gasteiger partial charge in [0.2, 0.25) is 0 Å². The molecule has 0 unspecified atom stereocenters. The van der Waals surface area contributed by atoms with E-state index in [1.165, 1.54) is 0 Å². The molecule has 0 aliphatic carbocycles. The van der Waals surface area contributed by atoms with E-state index in [4.69, 9.17) is 5.73 Å². The second kappa shape index (κ2) is 7.34. The van der Waals surface area contributed by atoms with Crippen LogP contribution in [0.15, 0.2) is 0 Å². The van der Waals surface area contributed by atoms with E-state index in [1.807, 2.05) is 6.92 Å². The highest BCUT2D eigenvalue weighted by atomic mass is 16.2. The Morgan fingerprint density at radius 1 is 1.36 bits per heavy atom. The molecular formula is C7H17N3O. The van der Waals surface area contributed by atoms with E-state index < -0.39 is 0 Å². The molecule has 0 saturated carbocycles. The van der Waals surface area contributed by atoms with E-state index in [9.17, 15) is 4.79 Å². The first-order valence-corrected chi connectivity index (χ1v) is 4.03. The van der Waals surface area contributed by atoms with E-state index in [0.717, 1.165) is 12.8 Å². The summed E-state index contributed by atoms with van der Waals surface area (Å²) >= 11 is 0. The fourth-order valence-electron chi connectivity index (χ4n) is 0.694. The lowest BCUT2D eigenvalue weighted by Crippen LogP contribution is -2.35. The minimum atomic E-state index is -0.0930. The van der Waals surface area contributed by atoms with Crippen LogP contribution in [-0.2, 0) is 0 Å². The van der Waals surface area contributed by atoms with Gasteiger partial charge in [0.25, 0.3) is 0 Å². The number of amides is 2. The van der Waals surface area contributed by atoms with Gasteiger partial charge in [-0.25, -0.2) is 4.79 Å². The van der Waals surface area contributed by atoms with Gasteiger partial charge in [-0.1, -0.05) is 0 Å². The first-order chi connectivity index (χ1) is 5.31.